The van der Waals surface area contributed by atoms with Crippen molar-refractivity contribution in [3.05, 3.63) is 59.2 Å². The lowest BCUT2D eigenvalue weighted by molar-refractivity contribution is 0.334. The van der Waals surface area contributed by atoms with E-state index in [2.05, 4.69) is 30.4 Å². The SMILES string of the molecule is CCOc1ccccc1C(NC)c1ccc(OC)cc1C. The minimum atomic E-state index is 0.0960. The molecule has 0 bridgehead atoms. The number of nitrogens with one attached hydrogen (secondary N) is 1. The summed E-state index contributed by atoms with van der Waals surface area (Å²) in [6.07, 6.45) is 0. The highest BCUT2D eigenvalue weighted by molar-refractivity contribution is 5.45. The number of rotatable bonds is 6. The van der Waals surface area contributed by atoms with Gasteiger partial charge in [-0.1, -0.05) is 24.3 Å². The Morgan fingerprint density at radius 3 is 2.48 bits per heavy atom. The number of aryl methyl sites for hydroxylation is 1. The predicted molar refractivity (Wildman–Crippen MR) is 86.2 cm³/mol. The normalized spacial score (nSPS) is 12.0. The van der Waals surface area contributed by atoms with Crippen LogP contribution in [0, 0.1) is 6.92 Å². The van der Waals surface area contributed by atoms with Gasteiger partial charge in [-0.15, -0.1) is 0 Å². The zero-order valence-electron chi connectivity index (χ0n) is 13.1. The molecule has 0 aliphatic heterocycles. The molecule has 0 spiro atoms. The van der Waals surface area contributed by atoms with Gasteiger partial charge in [0.15, 0.2) is 0 Å². The molecule has 0 heterocycles. The van der Waals surface area contributed by atoms with Gasteiger partial charge in [0.25, 0.3) is 0 Å². The van der Waals surface area contributed by atoms with E-state index in [1.54, 1.807) is 7.11 Å². The van der Waals surface area contributed by atoms with Crippen LogP contribution in [-0.4, -0.2) is 20.8 Å². The molecular formula is C18H23NO2. The molecule has 0 saturated carbocycles. The maximum atomic E-state index is 5.76. The molecule has 0 aromatic heterocycles. The summed E-state index contributed by atoms with van der Waals surface area (Å²) in [6, 6.07) is 14.4. The van der Waals surface area contributed by atoms with Crippen molar-refractivity contribution in [1.29, 1.82) is 0 Å². The Morgan fingerprint density at radius 1 is 1.10 bits per heavy atom. The van der Waals surface area contributed by atoms with E-state index in [1.807, 2.05) is 38.2 Å². The molecule has 0 saturated heterocycles. The first-order valence-corrected chi connectivity index (χ1v) is 7.24. The van der Waals surface area contributed by atoms with Gasteiger partial charge in [0.2, 0.25) is 0 Å². The summed E-state index contributed by atoms with van der Waals surface area (Å²) in [5, 5.41) is 3.39. The van der Waals surface area contributed by atoms with E-state index in [0.717, 1.165) is 17.1 Å². The van der Waals surface area contributed by atoms with Crippen molar-refractivity contribution in [3.8, 4) is 11.5 Å². The Kier molecular flexibility index (Phi) is 5.23. The van der Waals surface area contributed by atoms with Crippen molar-refractivity contribution >= 4 is 0 Å². The first-order valence-electron chi connectivity index (χ1n) is 7.24. The Bertz CT molecular complexity index is 596. The van der Waals surface area contributed by atoms with Crippen LogP contribution in [0.1, 0.15) is 29.7 Å². The van der Waals surface area contributed by atoms with Crippen LogP contribution in [-0.2, 0) is 0 Å². The molecule has 2 aromatic carbocycles. The molecule has 0 aliphatic carbocycles. The first-order chi connectivity index (χ1) is 10.2. The largest absolute Gasteiger partial charge is 0.497 e. The minimum absolute atomic E-state index is 0.0960. The average Bonchev–Trinajstić information content (AvgIpc) is 2.51. The van der Waals surface area contributed by atoms with Crippen LogP contribution in [0.2, 0.25) is 0 Å². The number of benzene rings is 2. The van der Waals surface area contributed by atoms with Crippen LogP contribution >= 0.6 is 0 Å². The second-order valence-corrected chi connectivity index (χ2v) is 4.92. The van der Waals surface area contributed by atoms with Crippen LogP contribution in [0.4, 0.5) is 0 Å². The van der Waals surface area contributed by atoms with Crippen LogP contribution in [0.15, 0.2) is 42.5 Å². The van der Waals surface area contributed by atoms with E-state index in [0.29, 0.717) is 6.61 Å². The van der Waals surface area contributed by atoms with Gasteiger partial charge in [0.05, 0.1) is 19.8 Å². The van der Waals surface area contributed by atoms with Gasteiger partial charge in [-0.3, -0.25) is 0 Å². The number of para-hydroxylation sites is 1. The lowest BCUT2D eigenvalue weighted by Gasteiger charge is -2.22. The van der Waals surface area contributed by atoms with E-state index in [-0.39, 0.29) is 6.04 Å². The van der Waals surface area contributed by atoms with Crippen LogP contribution in [0.5, 0.6) is 11.5 Å². The third-order valence-corrected chi connectivity index (χ3v) is 3.61. The summed E-state index contributed by atoms with van der Waals surface area (Å²) in [7, 11) is 3.66. The van der Waals surface area contributed by atoms with Crippen LogP contribution in [0.25, 0.3) is 0 Å². The fourth-order valence-electron chi connectivity index (χ4n) is 2.58. The van der Waals surface area contributed by atoms with Gasteiger partial charge in [-0.05, 0) is 50.2 Å². The van der Waals surface area contributed by atoms with E-state index in [1.165, 1.54) is 11.1 Å². The molecule has 0 amide bonds. The summed E-state index contributed by atoms with van der Waals surface area (Å²) < 4.78 is 11.0. The summed E-state index contributed by atoms with van der Waals surface area (Å²) in [6.45, 7) is 4.77. The summed E-state index contributed by atoms with van der Waals surface area (Å²) in [4.78, 5) is 0. The third kappa shape index (κ3) is 3.37. The quantitative estimate of drug-likeness (QED) is 0.877. The number of hydrogen-bond acceptors (Lipinski definition) is 3. The second-order valence-electron chi connectivity index (χ2n) is 4.92. The first kappa shape index (κ1) is 15.4. The Labute approximate surface area is 126 Å². The van der Waals surface area contributed by atoms with E-state index in [9.17, 15) is 0 Å². The standard InChI is InChI=1S/C18H23NO2/c1-5-21-17-9-7-6-8-16(17)18(19-3)15-11-10-14(20-4)12-13(15)2/h6-12,18-19H,5H2,1-4H3. The molecule has 1 N–H and O–H groups in total. The Balaban J connectivity index is 2.44. The smallest absolute Gasteiger partial charge is 0.124 e. The molecule has 0 aliphatic rings. The number of ether oxygens (including phenoxy) is 2. The van der Waals surface area contributed by atoms with Crippen LogP contribution in [0.3, 0.4) is 0 Å². The molecule has 1 atom stereocenters. The summed E-state index contributed by atoms with van der Waals surface area (Å²) in [5.41, 5.74) is 3.57. The topological polar surface area (TPSA) is 30.5 Å². The molecule has 112 valence electrons. The van der Waals surface area contributed by atoms with Gasteiger partial charge < -0.3 is 14.8 Å². The predicted octanol–water partition coefficient (Wildman–Crippen LogP) is 3.71. The maximum absolute atomic E-state index is 5.76. The lowest BCUT2D eigenvalue weighted by atomic mass is 9.94. The second kappa shape index (κ2) is 7.14. The van der Waals surface area contributed by atoms with Crippen LogP contribution < -0.4 is 14.8 Å². The molecule has 3 nitrogen and oxygen atoms in total. The zero-order chi connectivity index (χ0) is 15.2. The molecule has 1 unspecified atom stereocenters. The third-order valence-electron chi connectivity index (χ3n) is 3.61. The fraction of sp³-hybridized carbons (Fsp3) is 0.333. The van der Waals surface area contributed by atoms with Gasteiger partial charge in [-0.25, -0.2) is 0 Å². The highest BCUT2D eigenvalue weighted by Gasteiger charge is 2.18. The number of methoxy groups -OCH3 is 1. The zero-order valence-corrected chi connectivity index (χ0v) is 13.1. The highest BCUT2D eigenvalue weighted by Crippen LogP contribution is 2.32. The lowest BCUT2D eigenvalue weighted by Crippen LogP contribution is -2.19. The average molecular weight is 285 g/mol. The van der Waals surface area contributed by atoms with E-state index >= 15 is 0 Å². The van der Waals surface area contributed by atoms with Crippen molar-refractivity contribution in [2.24, 2.45) is 0 Å². The Hall–Kier alpha value is -2.00. The molecule has 3 heteroatoms. The minimum Gasteiger partial charge on any atom is -0.497 e. The fourth-order valence-corrected chi connectivity index (χ4v) is 2.58. The van der Waals surface area contributed by atoms with Crippen molar-refractivity contribution in [1.82, 2.24) is 5.32 Å². The van der Waals surface area contributed by atoms with Crippen molar-refractivity contribution in [2.45, 2.75) is 19.9 Å². The molecule has 2 rings (SSSR count). The highest BCUT2D eigenvalue weighted by atomic mass is 16.5. The number of hydrogen-bond donors (Lipinski definition) is 1. The molecule has 0 fully saturated rings. The monoisotopic (exact) mass is 285 g/mol. The van der Waals surface area contributed by atoms with Gasteiger partial charge in [0, 0.05) is 5.56 Å². The molecule has 21 heavy (non-hydrogen) atoms. The van der Waals surface area contributed by atoms with Gasteiger partial charge in [-0.2, -0.15) is 0 Å². The van der Waals surface area contributed by atoms with E-state index < -0.39 is 0 Å². The van der Waals surface area contributed by atoms with Crippen molar-refractivity contribution < 1.29 is 9.47 Å². The van der Waals surface area contributed by atoms with Gasteiger partial charge in [0.1, 0.15) is 11.5 Å². The van der Waals surface area contributed by atoms with Gasteiger partial charge >= 0.3 is 0 Å². The van der Waals surface area contributed by atoms with E-state index in [4.69, 9.17) is 9.47 Å². The molecular weight excluding hydrogens is 262 g/mol. The van der Waals surface area contributed by atoms with Crippen molar-refractivity contribution in [2.75, 3.05) is 20.8 Å². The van der Waals surface area contributed by atoms with Crippen molar-refractivity contribution in [3.63, 3.8) is 0 Å². The molecule has 0 radical (unpaired) electrons. The molecule has 2 aromatic rings. The summed E-state index contributed by atoms with van der Waals surface area (Å²) >= 11 is 0. The Morgan fingerprint density at radius 2 is 1.86 bits per heavy atom. The maximum Gasteiger partial charge on any atom is 0.124 e. The summed E-state index contributed by atoms with van der Waals surface area (Å²) in [5.74, 6) is 1.80.